The Hall–Kier alpha value is -4.36. The summed E-state index contributed by atoms with van der Waals surface area (Å²) in [6, 6.07) is 8.44. The predicted molar refractivity (Wildman–Crippen MR) is 144 cm³/mol. The molecular weight excluding hydrogens is 546 g/mol. The zero-order valence-corrected chi connectivity index (χ0v) is 22.1. The summed E-state index contributed by atoms with van der Waals surface area (Å²) >= 11 is 0. The number of pyridine rings is 1. The minimum atomic E-state index is -4.86. The van der Waals surface area contributed by atoms with E-state index in [1.165, 1.54) is 30.5 Å². The maximum atomic E-state index is 13.8. The van der Waals surface area contributed by atoms with Crippen LogP contribution in [-0.4, -0.2) is 66.1 Å². The Labute approximate surface area is 233 Å². The first-order chi connectivity index (χ1) is 19.7. The second kappa shape index (κ2) is 12.0. The van der Waals surface area contributed by atoms with E-state index in [0.29, 0.717) is 45.1 Å². The van der Waals surface area contributed by atoms with Gasteiger partial charge in [0.15, 0.2) is 5.69 Å². The number of para-hydroxylation sites is 1. The molecule has 5 rings (SSSR count). The second-order valence-electron chi connectivity index (χ2n) is 9.82. The predicted octanol–water partition coefficient (Wildman–Crippen LogP) is 5.21. The highest BCUT2D eigenvalue weighted by Gasteiger charge is 2.42. The number of nitrogens with one attached hydrogen (secondary N) is 2. The molecule has 0 saturated carbocycles. The van der Waals surface area contributed by atoms with Crippen molar-refractivity contribution in [3.63, 3.8) is 0 Å². The lowest BCUT2D eigenvalue weighted by Gasteiger charge is -2.35. The van der Waals surface area contributed by atoms with Crippen LogP contribution in [0.3, 0.4) is 0 Å². The van der Waals surface area contributed by atoms with Crippen molar-refractivity contribution in [3.8, 4) is 0 Å². The van der Waals surface area contributed by atoms with Gasteiger partial charge in [-0.2, -0.15) is 18.2 Å². The molecule has 2 aromatic heterocycles. The molecule has 218 valence electrons. The van der Waals surface area contributed by atoms with Gasteiger partial charge < -0.3 is 29.8 Å². The molecule has 2 aliphatic rings. The number of alkyl halides is 3. The van der Waals surface area contributed by atoms with Crippen LogP contribution < -0.4 is 20.4 Å². The van der Waals surface area contributed by atoms with E-state index in [9.17, 15) is 27.2 Å². The molecule has 0 spiro atoms. The van der Waals surface area contributed by atoms with Gasteiger partial charge in [0, 0.05) is 39.3 Å². The van der Waals surface area contributed by atoms with Crippen molar-refractivity contribution >= 4 is 35.1 Å². The Morgan fingerprint density at radius 2 is 1.56 bits per heavy atom. The summed E-state index contributed by atoms with van der Waals surface area (Å²) in [5.41, 5.74) is -1.08. The molecule has 3 amide bonds. The highest BCUT2D eigenvalue weighted by Crippen LogP contribution is 2.35. The Morgan fingerprint density at radius 1 is 0.854 bits per heavy atom. The van der Waals surface area contributed by atoms with Gasteiger partial charge in [-0.25, -0.2) is 14.2 Å². The molecule has 0 atom stereocenters. The van der Waals surface area contributed by atoms with Gasteiger partial charge in [-0.15, -0.1) is 0 Å². The van der Waals surface area contributed by atoms with E-state index in [2.05, 4.69) is 20.6 Å². The maximum Gasteiger partial charge on any atom is 0.437 e. The fourth-order valence-corrected chi connectivity index (χ4v) is 4.78. The van der Waals surface area contributed by atoms with Crippen molar-refractivity contribution in [1.82, 2.24) is 14.9 Å². The Balaban J connectivity index is 1.19. The molecule has 41 heavy (non-hydrogen) atoms. The van der Waals surface area contributed by atoms with Gasteiger partial charge in [0.25, 0.3) is 11.9 Å². The number of benzene rings is 1. The van der Waals surface area contributed by atoms with E-state index in [1.807, 2.05) is 4.90 Å². The number of aromatic nitrogens is 2. The third-order valence-corrected chi connectivity index (χ3v) is 6.98. The van der Waals surface area contributed by atoms with E-state index in [-0.39, 0.29) is 17.4 Å². The second-order valence-corrected chi connectivity index (χ2v) is 9.82. The first-order valence-electron chi connectivity index (χ1n) is 13.3. The van der Waals surface area contributed by atoms with Gasteiger partial charge in [0.1, 0.15) is 11.6 Å². The van der Waals surface area contributed by atoms with Crippen LogP contribution in [0.5, 0.6) is 0 Å². The van der Waals surface area contributed by atoms with Crippen LogP contribution in [0.2, 0.25) is 0 Å². The van der Waals surface area contributed by atoms with Crippen LogP contribution in [0.4, 0.5) is 45.6 Å². The molecule has 2 saturated heterocycles. The third-order valence-electron chi connectivity index (χ3n) is 6.98. The van der Waals surface area contributed by atoms with Crippen LogP contribution in [0.15, 0.2) is 47.0 Å². The highest BCUT2D eigenvalue weighted by molar-refractivity contribution is 6.03. The number of nitrogens with zero attached hydrogens (tertiary/aromatic N) is 5. The summed E-state index contributed by atoms with van der Waals surface area (Å²) in [6.45, 7) is 2.66. The van der Waals surface area contributed by atoms with Gasteiger partial charge in [-0.3, -0.25) is 4.79 Å². The molecule has 1 aromatic carbocycles. The molecule has 0 radical (unpaired) electrons. The lowest BCUT2D eigenvalue weighted by atomic mass is 10.2. The van der Waals surface area contributed by atoms with Crippen LogP contribution in [0.1, 0.15) is 41.9 Å². The van der Waals surface area contributed by atoms with Crippen LogP contribution in [0, 0.1) is 5.82 Å². The van der Waals surface area contributed by atoms with Crippen molar-refractivity contribution in [2.24, 2.45) is 0 Å². The zero-order chi connectivity index (χ0) is 29.0. The number of amides is 3. The number of piperazine rings is 1. The van der Waals surface area contributed by atoms with Crippen molar-refractivity contribution in [1.29, 1.82) is 0 Å². The maximum absolute atomic E-state index is 13.8. The van der Waals surface area contributed by atoms with Crippen LogP contribution in [0.25, 0.3) is 0 Å². The Bertz CT molecular complexity index is 1360. The third kappa shape index (κ3) is 6.69. The summed E-state index contributed by atoms with van der Waals surface area (Å²) in [6.07, 6.45) is 0.0270. The number of anilines is 4. The lowest BCUT2D eigenvalue weighted by molar-refractivity contribution is -0.141. The number of hydrogen-bond acceptors (Lipinski definition) is 7. The normalized spacial score (nSPS) is 16.3. The van der Waals surface area contributed by atoms with E-state index in [0.717, 1.165) is 25.7 Å². The Morgan fingerprint density at radius 3 is 2.20 bits per heavy atom. The number of rotatable bonds is 5. The molecule has 4 heterocycles. The first kappa shape index (κ1) is 28.2. The zero-order valence-electron chi connectivity index (χ0n) is 22.1. The molecule has 2 fully saturated rings. The summed E-state index contributed by atoms with van der Waals surface area (Å²) < 4.78 is 60.3. The molecule has 14 heteroatoms. The van der Waals surface area contributed by atoms with E-state index >= 15 is 0 Å². The fourth-order valence-electron chi connectivity index (χ4n) is 4.78. The van der Waals surface area contributed by atoms with Gasteiger partial charge in [-0.1, -0.05) is 25.0 Å². The van der Waals surface area contributed by atoms with E-state index < -0.39 is 35.4 Å². The molecular formula is C27H29F4N7O3. The molecule has 0 unspecified atom stereocenters. The van der Waals surface area contributed by atoms with E-state index in [4.69, 9.17) is 4.42 Å². The van der Waals surface area contributed by atoms with Crippen LogP contribution >= 0.6 is 0 Å². The monoisotopic (exact) mass is 575 g/mol. The van der Waals surface area contributed by atoms with Crippen molar-refractivity contribution in [3.05, 3.63) is 59.9 Å². The number of carbonyl (C=O) groups excluding carboxylic acids is 2. The summed E-state index contributed by atoms with van der Waals surface area (Å²) in [5, 5.41) is 4.98. The van der Waals surface area contributed by atoms with Crippen molar-refractivity contribution < 1.29 is 31.6 Å². The van der Waals surface area contributed by atoms with E-state index in [1.54, 1.807) is 21.9 Å². The first-order valence-corrected chi connectivity index (χ1v) is 13.3. The van der Waals surface area contributed by atoms with Gasteiger partial charge in [0.05, 0.1) is 17.6 Å². The van der Waals surface area contributed by atoms with Gasteiger partial charge in [0.2, 0.25) is 5.76 Å². The van der Waals surface area contributed by atoms with Crippen LogP contribution in [-0.2, 0) is 6.18 Å². The number of hydrogen-bond donors (Lipinski definition) is 2. The number of urea groups is 1. The molecule has 0 bridgehead atoms. The lowest BCUT2D eigenvalue weighted by Crippen LogP contribution is -2.50. The quantitative estimate of drug-likeness (QED) is 0.402. The average Bonchev–Trinajstić information content (AvgIpc) is 3.25. The van der Waals surface area contributed by atoms with Crippen molar-refractivity contribution in [2.45, 2.75) is 31.9 Å². The molecule has 2 aliphatic heterocycles. The Kier molecular flexibility index (Phi) is 8.26. The molecule has 3 aromatic rings. The fraction of sp³-hybridized carbons (Fsp3) is 0.407. The highest BCUT2D eigenvalue weighted by atomic mass is 19.4. The molecule has 10 nitrogen and oxygen atoms in total. The van der Waals surface area contributed by atoms with Gasteiger partial charge >= 0.3 is 12.2 Å². The summed E-state index contributed by atoms with van der Waals surface area (Å²) in [4.78, 5) is 38.4. The SMILES string of the molecule is O=C(Nc1ccc(N2CCN(C(=O)Nc3ccccc3F)CC2)nc1)c1oc(N2CCCCCC2)nc1C(F)(F)F. The minimum Gasteiger partial charge on any atom is -0.417 e. The number of halogens is 4. The molecule has 2 N–H and O–H groups in total. The minimum absolute atomic E-state index is 0.102. The number of oxazole rings is 1. The molecule has 0 aliphatic carbocycles. The van der Waals surface area contributed by atoms with Gasteiger partial charge in [-0.05, 0) is 37.1 Å². The summed E-state index contributed by atoms with van der Waals surface area (Å²) in [7, 11) is 0. The largest absolute Gasteiger partial charge is 0.437 e. The standard InChI is InChI=1S/C27H29F4N7O3/c28-19-7-3-4-8-20(19)34-25(40)37-15-13-36(14-16-37)21-10-9-18(17-32-21)33-24(39)22-23(27(29,30)31)35-26(41-22)38-11-5-1-2-6-12-38/h3-4,7-10,17H,1-2,5-6,11-16H2,(H,33,39)(H,34,40). The average molecular weight is 576 g/mol. The van der Waals surface area contributed by atoms with Crippen molar-refractivity contribution in [2.75, 3.05) is 59.7 Å². The smallest absolute Gasteiger partial charge is 0.417 e. The summed E-state index contributed by atoms with van der Waals surface area (Å²) in [5.74, 6) is -1.93. The number of carbonyl (C=O) groups is 2. The topological polar surface area (TPSA) is 107 Å².